The first-order chi connectivity index (χ1) is 6.27. The van der Waals surface area contributed by atoms with Gasteiger partial charge in [0.25, 0.3) is 0 Å². The van der Waals surface area contributed by atoms with Crippen LogP contribution in [0.4, 0.5) is 0 Å². The molecule has 0 spiro atoms. The molecule has 2 aromatic rings. The van der Waals surface area contributed by atoms with Crippen molar-refractivity contribution >= 4 is 0 Å². The first-order valence-corrected chi connectivity index (χ1v) is 4.26. The van der Waals surface area contributed by atoms with E-state index in [2.05, 4.69) is 43.2 Å². The highest BCUT2D eigenvalue weighted by Crippen LogP contribution is 2.14. The van der Waals surface area contributed by atoms with Crippen LogP contribution in [0.2, 0.25) is 0 Å². The summed E-state index contributed by atoms with van der Waals surface area (Å²) in [5.41, 5.74) is 3.60. The molecule has 0 aliphatic heterocycles. The van der Waals surface area contributed by atoms with Crippen molar-refractivity contribution in [3.05, 3.63) is 47.8 Å². The van der Waals surface area contributed by atoms with Gasteiger partial charge in [0, 0.05) is 12.3 Å². The fourth-order valence-electron chi connectivity index (χ4n) is 1.33. The standard InChI is InChI=1S/C11H11N2/c1-9-4-5-10(2)11(8-9)13-7-3-6-12-13/h4-8H,1-2H3. The number of aryl methyl sites for hydroxylation is 2. The molecule has 1 aromatic carbocycles. The Morgan fingerprint density at radius 1 is 1.31 bits per heavy atom. The molecule has 1 heterocycles. The SMILES string of the molecule is Cc1ccc(C)c(-n2c[c]cn2)c1. The zero-order valence-corrected chi connectivity index (χ0v) is 7.78. The van der Waals surface area contributed by atoms with Gasteiger partial charge in [-0.1, -0.05) is 12.1 Å². The topological polar surface area (TPSA) is 17.8 Å². The number of rotatable bonds is 1. The van der Waals surface area contributed by atoms with E-state index < -0.39 is 0 Å². The predicted octanol–water partition coefficient (Wildman–Crippen LogP) is 2.29. The summed E-state index contributed by atoms with van der Waals surface area (Å²) in [4.78, 5) is 0. The van der Waals surface area contributed by atoms with Crippen LogP contribution in [0.3, 0.4) is 0 Å². The third kappa shape index (κ3) is 1.47. The zero-order chi connectivity index (χ0) is 9.26. The Labute approximate surface area is 77.8 Å². The lowest BCUT2D eigenvalue weighted by molar-refractivity contribution is 0.871. The summed E-state index contributed by atoms with van der Waals surface area (Å²) in [5.74, 6) is 0. The number of benzene rings is 1. The maximum Gasteiger partial charge on any atom is 0.0677 e. The van der Waals surface area contributed by atoms with Gasteiger partial charge in [-0.05, 0) is 31.0 Å². The summed E-state index contributed by atoms with van der Waals surface area (Å²) in [6.45, 7) is 4.16. The van der Waals surface area contributed by atoms with Gasteiger partial charge in [-0.3, -0.25) is 0 Å². The molecule has 0 amide bonds. The minimum atomic E-state index is 1.13. The maximum atomic E-state index is 4.15. The fraction of sp³-hybridized carbons (Fsp3) is 0.182. The van der Waals surface area contributed by atoms with E-state index >= 15 is 0 Å². The smallest absolute Gasteiger partial charge is 0.0677 e. The lowest BCUT2D eigenvalue weighted by atomic mass is 10.1. The Kier molecular flexibility index (Phi) is 1.89. The van der Waals surface area contributed by atoms with Crippen LogP contribution in [0.1, 0.15) is 11.1 Å². The molecule has 2 nitrogen and oxygen atoms in total. The Morgan fingerprint density at radius 3 is 2.85 bits per heavy atom. The molecule has 0 atom stereocenters. The molecule has 1 radical (unpaired) electrons. The van der Waals surface area contributed by atoms with Gasteiger partial charge >= 0.3 is 0 Å². The quantitative estimate of drug-likeness (QED) is 0.643. The van der Waals surface area contributed by atoms with Gasteiger partial charge in [-0.2, -0.15) is 5.10 Å². The Balaban J connectivity index is 2.57. The highest BCUT2D eigenvalue weighted by molar-refractivity contribution is 5.42. The van der Waals surface area contributed by atoms with Crippen molar-refractivity contribution in [3.63, 3.8) is 0 Å². The molecule has 2 rings (SSSR count). The molecular weight excluding hydrogens is 160 g/mol. The molecule has 0 saturated heterocycles. The minimum Gasteiger partial charge on any atom is -0.240 e. The van der Waals surface area contributed by atoms with Crippen LogP contribution in [-0.4, -0.2) is 9.78 Å². The van der Waals surface area contributed by atoms with Gasteiger partial charge in [0.1, 0.15) is 0 Å². The molecule has 65 valence electrons. The van der Waals surface area contributed by atoms with Crippen LogP contribution in [-0.2, 0) is 0 Å². The average molecular weight is 171 g/mol. The van der Waals surface area contributed by atoms with E-state index in [0.29, 0.717) is 0 Å². The van der Waals surface area contributed by atoms with Crippen molar-refractivity contribution in [2.24, 2.45) is 0 Å². The second-order valence-corrected chi connectivity index (χ2v) is 3.17. The Bertz CT molecular complexity index is 402. The van der Waals surface area contributed by atoms with Crippen LogP contribution in [0.5, 0.6) is 0 Å². The minimum absolute atomic E-state index is 1.13. The molecule has 0 bridgehead atoms. The molecule has 1 aromatic heterocycles. The fourth-order valence-corrected chi connectivity index (χ4v) is 1.33. The zero-order valence-electron chi connectivity index (χ0n) is 7.78. The molecule has 0 saturated carbocycles. The maximum absolute atomic E-state index is 4.15. The van der Waals surface area contributed by atoms with Gasteiger partial charge < -0.3 is 0 Å². The Hall–Kier alpha value is -1.57. The average Bonchev–Trinajstić information content (AvgIpc) is 2.61. The summed E-state index contributed by atoms with van der Waals surface area (Å²) in [7, 11) is 0. The van der Waals surface area contributed by atoms with Crippen molar-refractivity contribution < 1.29 is 0 Å². The second kappa shape index (κ2) is 3.05. The van der Waals surface area contributed by atoms with Gasteiger partial charge in [0.2, 0.25) is 0 Å². The van der Waals surface area contributed by atoms with Crippen LogP contribution in [0.25, 0.3) is 5.69 Å². The van der Waals surface area contributed by atoms with E-state index in [9.17, 15) is 0 Å². The number of nitrogens with zero attached hydrogens (tertiary/aromatic N) is 2. The Morgan fingerprint density at radius 2 is 2.15 bits per heavy atom. The van der Waals surface area contributed by atoms with Gasteiger partial charge in [0.05, 0.1) is 11.9 Å². The lowest BCUT2D eigenvalue weighted by Gasteiger charge is -2.06. The first-order valence-electron chi connectivity index (χ1n) is 4.26. The van der Waals surface area contributed by atoms with Crippen molar-refractivity contribution in [1.29, 1.82) is 0 Å². The molecule has 0 aliphatic carbocycles. The van der Waals surface area contributed by atoms with E-state index in [0.717, 1.165) is 5.69 Å². The van der Waals surface area contributed by atoms with Gasteiger partial charge in [-0.15, -0.1) is 0 Å². The van der Waals surface area contributed by atoms with Gasteiger partial charge in [-0.25, -0.2) is 4.68 Å². The van der Waals surface area contributed by atoms with E-state index in [1.54, 1.807) is 6.20 Å². The first kappa shape index (κ1) is 8.05. The van der Waals surface area contributed by atoms with Crippen LogP contribution in [0, 0.1) is 19.9 Å². The molecule has 13 heavy (non-hydrogen) atoms. The lowest BCUT2D eigenvalue weighted by Crippen LogP contribution is -1.97. The van der Waals surface area contributed by atoms with Crippen molar-refractivity contribution in [2.45, 2.75) is 13.8 Å². The summed E-state index contributed by atoms with van der Waals surface area (Å²) in [5, 5.41) is 4.15. The largest absolute Gasteiger partial charge is 0.240 e. The summed E-state index contributed by atoms with van der Waals surface area (Å²) in [6.07, 6.45) is 3.50. The second-order valence-electron chi connectivity index (χ2n) is 3.17. The third-order valence-electron chi connectivity index (χ3n) is 2.06. The molecular formula is C11H11N2. The molecule has 0 unspecified atom stereocenters. The van der Waals surface area contributed by atoms with Crippen molar-refractivity contribution in [3.8, 4) is 5.69 Å². The van der Waals surface area contributed by atoms with E-state index in [1.165, 1.54) is 11.1 Å². The molecule has 0 N–H and O–H groups in total. The van der Waals surface area contributed by atoms with E-state index in [4.69, 9.17) is 0 Å². The molecule has 0 fully saturated rings. The van der Waals surface area contributed by atoms with Crippen LogP contribution >= 0.6 is 0 Å². The molecule has 2 heteroatoms. The predicted molar refractivity (Wildman–Crippen MR) is 51.9 cm³/mol. The van der Waals surface area contributed by atoms with Crippen molar-refractivity contribution in [2.75, 3.05) is 0 Å². The summed E-state index contributed by atoms with van der Waals surface area (Å²) in [6, 6.07) is 9.25. The van der Waals surface area contributed by atoms with Crippen molar-refractivity contribution in [1.82, 2.24) is 9.78 Å². The van der Waals surface area contributed by atoms with Crippen LogP contribution in [0.15, 0.2) is 30.6 Å². The number of aromatic nitrogens is 2. The highest BCUT2D eigenvalue weighted by atomic mass is 15.3. The monoisotopic (exact) mass is 171 g/mol. The summed E-state index contributed by atoms with van der Waals surface area (Å²) >= 11 is 0. The number of hydrogen-bond donors (Lipinski definition) is 0. The third-order valence-corrected chi connectivity index (χ3v) is 2.06. The number of hydrogen-bond acceptors (Lipinski definition) is 1. The summed E-state index contributed by atoms with van der Waals surface area (Å²) < 4.78 is 1.84. The van der Waals surface area contributed by atoms with E-state index in [-0.39, 0.29) is 0 Å². The molecule has 0 aliphatic rings. The highest BCUT2D eigenvalue weighted by Gasteiger charge is 2.00. The van der Waals surface area contributed by atoms with Crippen LogP contribution < -0.4 is 0 Å². The van der Waals surface area contributed by atoms with Gasteiger partial charge in [0.15, 0.2) is 0 Å². The normalized spacial score (nSPS) is 10.3. The van der Waals surface area contributed by atoms with E-state index in [1.807, 2.05) is 10.9 Å².